The first-order valence-corrected chi connectivity index (χ1v) is 8.77. The molecule has 2 amide bonds. The molecule has 1 unspecified atom stereocenters. The summed E-state index contributed by atoms with van der Waals surface area (Å²) >= 11 is 0. The topological polar surface area (TPSA) is 107 Å². The van der Waals surface area contributed by atoms with Crippen molar-refractivity contribution < 1.29 is 23.1 Å². The Kier molecular flexibility index (Phi) is 6.41. The van der Waals surface area contributed by atoms with Crippen LogP contribution in [-0.2, 0) is 14.8 Å². The predicted molar refractivity (Wildman–Crippen MR) is 77.5 cm³/mol. The van der Waals surface area contributed by atoms with Gasteiger partial charge >= 0.3 is 12.0 Å². The quantitative estimate of drug-likeness (QED) is 0.711. The fraction of sp³-hybridized carbons (Fsp3) is 0.833. The Bertz CT molecular complexity index is 471. The van der Waals surface area contributed by atoms with Crippen LogP contribution in [0.15, 0.2) is 0 Å². The van der Waals surface area contributed by atoms with Crippen molar-refractivity contribution in [3.05, 3.63) is 0 Å². The highest BCUT2D eigenvalue weighted by Crippen LogP contribution is 2.07. The van der Waals surface area contributed by atoms with Gasteiger partial charge in [0.05, 0.1) is 6.26 Å². The number of sulfonamides is 1. The van der Waals surface area contributed by atoms with E-state index in [0.29, 0.717) is 39.0 Å². The van der Waals surface area contributed by atoms with E-state index in [4.69, 9.17) is 5.11 Å². The Morgan fingerprint density at radius 1 is 1.24 bits per heavy atom. The summed E-state index contributed by atoms with van der Waals surface area (Å²) in [7, 11) is -3.20. The van der Waals surface area contributed by atoms with Gasteiger partial charge in [0, 0.05) is 38.6 Å². The predicted octanol–water partition coefficient (Wildman–Crippen LogP) is -0.0834. The van der Waals surface area contributed by atoms with Crippen molar-refractivity contribution in [1.29, 1.82) is 0 Å². The van der Waals surface area contributed by atoms with Crippen LogP contribution < -0.4 is 5.32 Å². The smallest absolute Gasteiger partial charge is 0.317 e. The van der Waals surface area contributed by atoms with Crippen molar-refractivity contribution in [2.45, 2.75) is 32.2 Å². The molecular formula is C12H23N3O5S. The minimum Gasteiger partial charge on any atom is -0.481 e. The molecule has 1 fully saturated rings. The van der Waals surface area contributed by atoms with E-state index in [1.807, 2.05) is 6.92 Å². The molecule has 1 rings (SSSR count). The summed E-state index contributed by atoms with van der Waals surface area (Å²) in [4.78, 5) is 24.0. The molecule has 1 aliphatic rings. The lowest BCUT2D eigenvalue weighted by Gasteiger charge is -2.33. The van der Waals surface area contributed by atoms with Crippen molar-refractivity contribution in [3.8, 4) is 0 Å². The number of urea groups is 1. The number of nitrogens with zero attached hydrogens (tertiary/aromatic N) is 2. The van der Waals surface area contributed by atoms with Gasteiger partial charge in [-0.1, -0.05) is 0 Å². The third kappa shape index (κ3) is 6.30. The summed E-state index contributed by atoms with van der Waals surface area (Å²) in [5.74, 6) is -0.842. The Morgan fingerprint density at radius 3 is 2.29 bits per heavy atom. The number of carbonyl (C=O) groups excluding carboxylic acids is 1. The van der Waals surface area contributed by atoms with Crippen molar-refractivity contribution in [2.75, 3.05) is 32.4 Å². The first-order chi connectivity index (χ1) is 9.70. The molecular weight excluding hydrogens is 298 g/mol. The van der Waals surface area contributed by atoms with E-state index in [2.05, 4.69) is 5.32 Å². The third-order valence-electron chi connectivity index (χ3n) is 3.39. The van der Waals surface area contributed by atoms with Crippen LogP contribution in [0.5, 0.6) is 0 Å². The summed E-state index contributed by atoms with van der Waals surface area (Å²) in [6, 6.07) is -0.337. The van der Waals surface area contributed by atoms with E-state index in [-0.39, 0.29) is 18.5 Å². The van der Waals surface area contributed by atoms with E-state index in [1.165, 1.54) is 4.31 Å². The molecule has 8 nitrogen and oxygen atoms in total. The van der Waals surface area contributed by atoms with E-state index in [0.717, 1.165) is 6.26 Å². The Labute approximate surface area is 125 Å². The molecule has 0 aromatic carbocycles. The van der Waals surface area contributed by atoms with Crippen molar-refractivity contribution in [2.24, 2.45) is 0 Å². The average Bonchev–Trinajstić information content (AvgIpc) is 2.37. The lowest BCUT2D eigenvalue weighted by atomic mass is 10.1. The molecule has 0 bridgehead atoms. The molecule has 0 aliphatic carbocycles. The molecule has 9 heteroatoms. The number of hydrogen-bond acceptors (Lipinski definition) is 4. The maximum Gasteiger partial charge on any atom is 0.317 e. The Morgan fingerprint density at radius 2 is 1.81 bits per heavy atom. The highest BCUT2D eigenvalue weighted by molar-refractivity contribution is 7.88. The SMILES string of the molecule is CC(CCCC(=O)O)NC(=O)N1CCN(S(C)(=O)=O)CC1. The number of aliphatic carboxylic acids is 1. The van der Waals surface area contributed by atoms with Gasteiger partial charge in [0.25, 0.3) is 0 Å². The molecule has 1 heterocycles. The number of nitrogens with one attached hydrogen (secondary N) is 1. The first-order valence-electron chi connectivity index (χ1n) is 6.92. The van der Waals surface area contributed by atoms with Gasteiger partial charge in [-0.05, 0) is 19.8 Å². The number of carboxylic acid groups (broad SMARTS) is 1. The summed E-state index contributed by atoms with van der Waals surface area (Å²) in [5, 5.41) is 11.4. The van der Waals surface area contributed by atoms with Crippen LogP contribution >= 0.6 is 0 Å². The number of amides is 2. The van der Waals surface area contributed by atoms with E-state index < -0.39 is 16.0 Å². The average molecular weight is 321 g/mol. The monoisotopic (exact) mass is 321 g/mol. The molecule has 2 N–H and O–H groups in total. The molecule has 0 radical (unpaired) electrons. The minimum absolute atomic E-state index is 0.0905. The Hall–Kier alpha value is -1.35. The van der Waals surface area contributed by atoms with Crippen molar-refractivity contribution in [1.82, 2.24) is 14.5 Å². The molecule has 0 saturated carbocycles. The number of carbonyl (C=O) groups is 2. The molecule has 0 aromatic heterocycles. The van der Waals surface area contributed by atoms with E-state index >= 15 is 0 Å². The summed E-state index contributed by atoms with van der Waals surface area (Å²) in [6.07, 6.45) is 2.36. The highest BCUT2D eigenvalue weighted by atomic mass is 32.2. The van der Waals surface area contributed by atoms with Gasteiger partial charge < -0.3 is 15.3 Å². The van der Waals surface area contributed by atoms with E-state index in [1.54, 1.807) is 4.90 Å². The number of piperazine rings is 1. The zero-order valence-corrected chi connectivity index (χ0v) is 13.2. The fourth-order valence-electron chi connectivity index (χ4n) is 2.16. The standard InChI is InChI=1S/C12H23N3O5S/c1-10(4-3-5-11(16)17)13-12(18)14-6-8-15(9-7-14)21(2,19)20/h10H,3-9H2,1-2H3,(H,13,18)(H,16,17). The van der Waals surface area contributed by atoms with Crippen LogP contribution in [0.25, 0.3) is 0 Å². The zero-order valence-electron chi connectivity index (χ0n) is 12.4. The van der Waals surface area contributed by atoms with Crippen LogP contribution in [0.1, 0.15) is 26.2 Å². The van der Waals surface area contributed by atoms with Gasteiger partial charge in [0.2, 0.25) is 10.0 Å². The first kappa shape index (κ1) is 17.7. The van der Waals surface area contributed by atoms with Crippen LogP contribution in [0.3, 0.4) is 0 Å². The maximum absolute atomic E-state index is 12.0. The molecule has 0 aromatic rings. The van der Waals surface area contributed by atoms with E-state index in [9.17, 15) is 18.0 Å². The van der Waals surface area contributed by atoms with Gasteiger partial charge in [0.1, 0.15) is 0 Å². The normalized spacial score (nSPS) is 18.3. The van der Waals surface area contributed by atoms with Crippen LogP contribution in [-0.4, -0.2) is 73.2 Å². The second-order valence-corrected chi connectivity index (χ2v) is 7.27. The lowest BCUT2D eigenvalue weighted by molar-refractivity contribution is -0.137. The number of carboxylic acids is 1. The van der Waals surface area contributed by atoms with Crippen LogP contribution in [0.4, 0.5) is 4.79 Å². The summed E-state index contributed by atoms with van der Waals surface area (Å²) in [5.41, 5.74) is 0. The summed E-state index contributed by atoms with van der Waals surface area (Å²) < 4.78 is 24.1. The maximum atomic E-state index is 12.0. The van der Waals surface area contributed by atoms with Gasteiger partial charge in [-0.25, -0.2) is 13.2 Å². The van der Waals surface area contributed by atoms with Gasteiger partial charge in [0.15, 0.2) is 0 Å². The van der Waals surface area contributed by atoms with Crippen LogP contribution in [0, 0.1) is 0 Å². The molecule has 21 heavy (non-hydrogen) atoms. The van der Waals surface area contributed by atoms with Crippen molar-refractivity contribution in [3.63, 3.8) is 0 Å². The second kappa shape index (κ2) is 7.60. The molecule has 1 aliphatic heterocycles. The summed E-state index contributed by atoms with van der Waals surface area (Å²) in [6.45, 7) is 3.16. The minimum atomic E-state index is -3.20. The highest BCUT2D eigenvalue weighted by Gasteiger charge is 2.26. The van der Waals surface area contributed by atoms with Crippen LogP contribution in [0.2, 0.25) is 0 Å². The lowest BCUT2D eigenvalue weighted by Crippen LogP contribution is -2.54. The third-order valence-corrected chi connectivity index (χ3v) is 4.70. The fourth-order valence-corrected chi connectivity index (χ4v) is 2.98. The zero-order chi connectivity index (χ0) is 16.0. The Balaban J connectivity index is 2.32. The molecule has 1 atom stereocenters. The second-order valence-electron chi connectivity index (χ2n) is 5.29. The van der Waals surface area contributed by atoms with Gasteiger partial charge in [-0.3, -0.25) is 4.79 Å². The molecule has 0 spiro atoms. The van der Waals surface area contributed by atoms with Gasteiger partial charge in [-0.2, -0.15) is 4.31 Å². The number of rotatable bonds is 6. The molecule has 1 saturated heterocycles. The largest absolute Gasteiger partial charge is 0.481 e. The molecule has 122 valence electrons. The number of hydrogen-bond donors (Lipinski definition) is 2. The van der Waals surface area contributed by atoms with Gasteiger partial charge in [-0.15, -0.1) is 0 Å². The van der Waals surface area contributed by atoms with Crippen molar-refractivity contribution >= 4 is 22.0 Å².